The van der Waals surface area contributed by atoms with E-state index in [-0.39, 0.29) is 0 Å². The summed E-state index contributed by atoms with van der Waals surface area (Å²) in [4.78, 5) is 18.8. The molecule has 2 heterocycles. The Hall–Kier alpha value is -1.82. The summed E-state index contributed by atoms with van der Waals surface area (Å²) in [6.07, 6.45) is 9.16. The van der Waals surface area contributed by atoms with E-state index in [1.807, 2.05) is 6.07 Å². The number of anilines is 1. The molecule has 6 nitrogen and oxygen atoms in total. The predicted molar refractivity (Wildman–Crippen MR) is 97.2 cm³/mol. The van der Waals surface area contributed by atoms with Crippen molar-refractivity contribution in [1.29, 1.82) is 0 Å². The molecule has 0 atom stereocenters. The van der Waals surface area contributed by atoms with Crippen molar-refractivity contribution in [3.05, 3.63) is 17.7 Å². The SMILES string of the molecule is COC(=O)c1ccc(NC2CCN(C3CCCCC3)CC2)nc1OC. The highest BCUT2D eigenvalue weighted by Gasteiger charge is 2.26. The van der Waals surface area contributed by atoms with Gasteiger partial charge in [-0.15, -0.1) is 0 Å². The van der Waals surface area contributed by atoms with Gasteiger partial charge in [-0.2, -0.15) is 4.98 Å². The van der Waals surface area contributed by atoms with Crippen molar-refractivity contribution in [2.45, 2.75) is 57.0 Å². The van der Waals surface area contributed by atoms with Crippen molar-refractivity contribution in [3.63, 3.8) is 0 Å². The average Bonchev–Trinajstić information content (AvgIpc) is 2.68. The fourth-order valence-corrected chi connectivity index (χ4v) is 4.01. The Bertz CT molecular complexity index is 579. The van der Waals surface area contributed by atoms with Gasteiger partial charge in [0.25, 0.3) is 0 Å². The molecule has 1 aliphatic heterocycles. The number of hydrogen-bond acceptors (Lipinski definition) is 6. The number of ether oxygens (including phenoxy) is 2. The molecule has 0 unspecified atom stereocenters. The summed E-state index contributed by atoms with van der Waals surface area (Å²) in [5.74, 6) is 0.619. The van der Waals surface area contributed by atoms with E-state index in [9.17, 15) is 4.79 Å². The lowest BCUT2D eigenvalue weighted by Gasteiger charge is -2.39. The molecule has 6 heteroatoms. The third-order valence-electron chi connectivity index (χ3n) is 5.43. The number of nitrogens with zero attached hydrogens (tertiary/aromatic N) is 2. The van der Waals surface area contributed by atoms with Gasteiger partial charge in [-0.25, -0.2) is 4.79 Å². The zero-order valence-electron chi connectivity index (χ0n) is 15.3. The normalized spacial score (nSPS) is 20.2. The third-order valence-corrected chi connectivity index (χ3v) is 5.43. The van der Waals surface area contributed by atoms with E-state index in [1.165, 1.54) is 46.3 Å². The van der Waals surface area contributed by atoms with Crippen LogP contribution in [-0.2, 0) is 4.74 Å². The highest BCUT2D eigenvalue weighted by atomic mass is 16.5. The molecule has 1 N–H and O–H groups in total. The molecule has 0 radical (unpaired) electrons. The fraction of sp³-hybridized carbons (Fsp3) is 0.684. The lowest BCUT2D eigenvalue weighted by molar-refractivity contribution is 0.0596. The van der Waals surface area contributed by atoms with E-state index in [0.29, 0.717) is 17.5 Å². The van der Waals surface area contributed by atoms with Crippen LogP contribution in [-0.4, -0.2) is 55.2 Å². The molecular formula is C19H29N3O3. The number of pyridine rings is 1. The number of methoxy groups -OCH3 is 2. The summed E-state index contributed by atoms with van der Waals surface area (Å²) in [7, 11) is 2.87. The van der Waals surface area contributed by atoms with E-state index in [1.54, 1.807) is 6.07 Å². The Labute approximate surface area is 149 Å². The molecular weight excluding hydrogens is 318 g/mol. The summed E-state index contributed by atoms with van der Waals surface area (Å²) in [5, 5.41) is 3.49. The number of hydrogen-bond donors (Lipinski definition) is 1. The number of rotatable bonds is 5. The van der Waals surface area contributed by atoms with Gasteiger partial charge >= 0.3 is 5.97 Å². The second kappa shape index (κ2) is 8.52. The lowest BCUT2D eigenvalue weighted by atomic mass is 9.92. The van der Waals surface area contributed by atoms with Gasteiger partial charge in [0, 0.05) is 25.2 Å². The Balaban J connectivity index is 1.55. The van der Waals surface area contributed by atoms with E-state index in [4.69, 9.17) is 9.47 Å². The summed E-state index contributed by atoms with van der Waals surface area (Å²) in [6, 6.07) is 4.74. The van der Waals surface area contributed by atoms with Crippen LogP contribution in [0.25, 0.3) is 0 Å². The van der Waals surface area contributed by atoms with Gasteiger partial charge in [-0.05, 0) is 37.8 Å². The topological polar surface area (TPSA) is 63.7 Å². The second-order valence-corrected chi connectivity index (χ2v) is 6.99. The molecule has 0 spiro atoms. The van der Waals surface area contributed by atoms with Crippen LogP contribution in [0.2, 0.25) is 0 Å². The van der Waals surface area contributed by atoms with Crippen molar-refractivity contribution in [2.24, 2.45) is 0 Å². The molecule has 1 aromatic rings. The maximum atomic E-state index is 11.7. The third kappa shape index (κ3) is 4.42. The van der Waals surface area contributed by atoms with Gasteiger partial charge in [0.05, 0.1) is 14.2 Å². The molecule has 0 aromatic carbocycles. The molecule has 138 valence electrons. The number of carbonyl (C=O) groups excluding carboxylic acids is 1. The van der Waals surface area contributed by atoms with Crippen LogP contribution in [0.1, 0.15) is 55.3 Å². The van der Waals surface area contributed by atoms with Crippen LogP contribution in [0.5, 0.6) is 5.88 Å². The Morgan fingerprint density at radius 3 is 2.48 bits per heavy atom. The first-order chi connectivity index (χ1) is 12.2. The summed E-state index contributed by atoms with van der Waals surface area (Å²) >= 11 is 0. The molecule has 1 aliphatic carbocycles. The van der Waals surface area contributed by atoms with Crippen molar-refractivity contribution in [1.82, 2.24) is 9.88 Å². The molecule has 25 heavy (non-hydrogen) atoms. The van der Waals surface area contributed by atoms with Crippen LogP contribution >= 0.6 is 0 Å². The first-order valence-electron chi connectivity index (χ1n) is 9.35. The standard InChI is InChI=1S/C19H29N3O3/c1-24-18-16(19(23)25-2)8-9-17(21-18)20-14-10-12-22(13-11-14)15-6-4-3-5-7-15/h8-9,14-15H,3-7,10-13H2,1-2H3,(H,20,21). The smallest absolute Gasteiger partial charge is 0.343 e. The van der Waals surface area contributed by atoms with E-state index < -0.39 is 5.97 Å². The van der Waals surface area contributed by atoms with Crippen molar-refractivity contribution in [2.75, 3.05) is 32.6 Å². The van der Waals surface area contributed by atoms with Crippen molar-refractivity contribution >= 4 is 11.8 Å². The lowest BCUT2D eigenvalue weighted by Crippen LogP contribution is -2.45. The van der Waals surface area contributed by atoms with E-state index in [0.717, 1.165) is 37.8 Å². The highest BCUT2D eigenvalue weighted by Crippen LogP contribution is 2.26. The molecule has 1 saturated carbocycles. The second-order valence-electron chi connectivity index (χ2n) is 6.99. The van der Waals surface area contributed by atoms with E-state index in [2.05, 4.69) is 15.2 Å². The molecule has 2 fully saturated rings. The molecule has 0 bridgehead atoms. The van der Waals surface area contributed by atoms with Crippen LogP contribution < -0.4 is 10.1 Å². The number of nitrogens with one attached hydrogen (secondary N) is 1. The van der Waals surface area contributed by atoms with Gasteiger partial charge in [0.2, 0.25) is 5.88 Å². The number of piperidine rings is 1. The first-order valence-corrected chi connectivity index (χ1v) is 9.35. The first kappa shape index (κ1) is 18.0. The quantitative estimate of drug-likeness (QED) is 0.826. The molecule has 1 aromatic heterocycles. The monoisotopic (exact) mass is 347 g/mol. The van der Waals surface area contributed by atoms with Crippen LogP contribution in [0.4, 0.5) is 5.82 Å². The summed E-state index contributed by atoms with van der Waals surface area (Å²) in [6.45, 7) is 2.30. The molecule has 2 aliphatic rings. The predicted octanol–water partition coefficient (Wildman–Crippen LogP) is 3.09. The maximum absolute atomic E-state index is 11.7. The zero-order valence-corrected chi connectivity index (χ0v) is 15.3. The van der Waals surface area contributed by atoms with Gasteiger partial charge in [0.1, 0.15) is 11.4 Å². The van der Waals surface area contributed by atoms with Crippen molar-refractivity contribution in [3.8, 4) is 5.88 Å². The fourth-order valence-electron chi connectivity index (χ4n) is 4.01. The van der Waals surface area contributed by atoms with Crippen LogP contribution in [0, 0.1) is 0 Å². The summed E-state index contributed by atoms with van der Waals surface area (Å²) < 4.78 is 9.99. The molecule has 3 rings (SSSR count). The summed E-state index contributed by atoms with van der Waals surface area (Å²) in [5.41, 5.74) is 0.350. The minimum atomic E-state index is -0.434. The zero-order chi connectivity index (χ0) is 17.6. The molecule has 1 saturated heterocycles. The minimum Gasteiger partial charge on any atom is -0.480 e. The van der Waals surface area contributed by atoms with Gasteiger partial charge < -0.3 is 19.7 Å². The maximum Gasteiger partial charge on any atom is 0.343 e. The van der Waals surface area contributed by atoms with Gasteiger partial charge in [-0.3, -0.25) is 0 Å². The van der Waals surface area contributed by atoms with E-state index >= 15 is 0 Å². The van der Waals surface area contributed by atoms with Crippen LogP contribution in [0.15, 0.2) is 12.1 Å². The Morgan fingerprint density at radius 2 is 1.84 bits per heavy atom. The largest absolute Gasteiger partial charge is 0.480 e. The number of carbonyl (C=O) groups is 1. The number of esters is 1. The number of likely N-dealkylation sites (tertiary alicyclic amines) is 1. The van der Waals surface area contributed by atoms with Crippen molar-refractivity contribution < 1.29 is 14.3 Å². The van der Waals surface area contributed by atoms with Gasteiger partial charge in [-0.1, -0.05) is 19.3 Å². The number of aromatic nitrogens is 1. The highest BCUT2D eigenvalue weighted by molar-refractivity contribution is 5.92. The Morgan fingerprint density at radius 1 is 1.12 bits per heavy atom. The average molecular weight is 347 g/mol. The van der Waals surface area contributed by atoms with Gasteiger partial charge in [0.15, 0.2) is 0 Å². The minimum absolute atomic E-state index is 0.302. The molecule has 0 amide bonds. The Kier molecular flexibility index (Phi) is 6.13. The van der Waals surface area contributed by atoms with Crippen LogP contribution in [0.3, 0.4) is 0 Å².